The maximum absolute atomic E-state index is 8.54. The zero-order chi connectivity index (χ0) is 13.0. The van der Waals surface area contributed by atoms with E-state index in [9.17, 15) is 0 Å². The van der Waals surface area contributed by atoms with Gasteiger partial charge in [-0.2, -0.15) is 5.26 Å². The average molecular weight is 261 g/mol. The van der Waals surface area contributed by atoms with Crippen LogP contribution in [-0.4, -0.2) is 29.9 Å². The minimum absolute atomic E-state index is 0.0255. The fourth-order valence-corrected chi connectivity index (χ4v) is 2.12. The summed E-state index contributed by atoms with van der Waals surface area (Å²) in [7, 11) is 1.56. The Morgan fingerprint density at radius 1 is 1.33 bits per heavy atom. The maximum atomic E-state index is 8.54. The van der Waals surface area contributed by atoms with E-state index in [1.54, 1.807) is 24.9 Å². The Labute approximate surface area is 109 Å². The topological polar surface area (TPSA) is 68.0 Å². The van der Waals surface area contributed by atoms with Crippen LogP contribution in [0.25, 0.3) is 10.9 Å². The van der Waals surface area contributed by atoms with Gasteiger partial charge in [-0.05, 0) is 12.3 Å². The molecule has 6 heteroatoms. The summed E-state index contributed by atoms with van der Waals surface area (Å²) in [6, 6.07) is 5.51. The first-order chi connectivity index (χ1) is 8.80. The second-order valence-corrected chi connectivity index (χ2v) is 4.14. The summed E-state index contributed by atoms with van der Waals surface area (Å²) in [5.41, 5.74) is 0.767. The second kappa shape index (κ2) is 5.56. The molecule has 0 aliphatic carbocycles. The molecule has 2 rings (SSSR count). The Kier molecular flexibility index (Phi) is 3.85. The summed E-state index contributed by atoms with van der Waals surface area (Å²) in [6.07, 6.45) is 3.46. The van der Waals surface area contributed by atoms with E-state index in [4.69, 9.17) is 14.7 Å². The van der Waals surface area contributed by atoms with Gasteiger partial charge in [0.25, 0.3) is 0 Å². The number of aromatic nitrogens is 2. The van der Waals surface area contributed by atoms with Gasteiger partial charge in [0, 0.05) is 11.5 Å². The molecule has 0 bridgehead atoms. The van der Waals surface area contributed by atoms with Crippen LogP contribution >= 0.6 is 11.8 Å². The van der Waals surface area contributed by atoms with Gasteiger partial charge in [0.2, 0.25) is 0 Å². The van der Waals surface area contributed by atoms with E-state index < -0.39 is 0 Å². The van der Waals surface area contributed by atoms with Crippen molar-refractivity contribution < 1.29 is 9.47 Å². The summed E-state index contributed by atoms with van der Waals surface area (Å²) in [5.74, 6) is 1.08. The van der Waals surface area contributed by atoms with Crippen LogP contribution in [0.1, 0.15) is 0 Å². The summed E-state index contributed by atoms with van der Waals surface area (Å²) in [5, 5.41) is 10.3. The van der Waals surface area contributed by atoms with Crippen molar-refractivity contribution in [3.05, 3.63) is 18.5 Å². The molecule has 0 amide bonds. The monoisotopic (exact) mass is 261 g/mol. The number of hydrogen-bond donors (Lipinski definition) is 0. The fraction of sp³-hybridized carbons (Fsp3) is 0.250. The molecular formula is C12H11N3O2S. The molecule has 92 valence electrons. The number of hydrogen-bond acceptors (Lipinski definition) is 6. The third kappa shape index (κ3) is 2.31. The average Bonchev–Trinajstić information content (AvgIpc) is 2.43. The molecule has 0 spiro atoms. The zero-order valence-corrected chi connectivity index (χ0v) is 10.8. The van der Waals surface area contributed by atoms with Gasteiger partial charge >= 0.3 is 0 Å². The molecule has 0 fully saturated rings. The van der Waals surface area contributed by atoms with E-state index in [1.165, 1.54) is 6.33 Å². The first-order valence-electron chi connectivity index (χ1n) is 5.16. The highest BCUT2D eigenvalue weighted by molar-refractivity contribution is 7.98. The molecule has 1 aromatic heterocycles. The number of methoxy groups -OCH3 is 1. The molecule has 0 saturated heterocycles. The Hall–Kier alpha value is -2.00. The third-order valence-electron chi connectivity index (χ3n) is 2.37. The van der Waals surface area contributed by atoms with E-state index in [2.05, 4.69) is 9.97 Å². The van der Waals surface area contributed by atoms with Gasteiger partial charge in [0.1, 0.15) is 17.4 Å². The van der Waals surface area contributed by atoms with Crippen LogP contribution in [0.4, 0.5) is 0 Å². The molecule has 0 N–H and O–H groups in total. The predicted octanol–water partition coefficient (Wildman–Crippen LogP) is 2.26. The number of nitrogens with zero attached hydrogens (tertiary/aromatic N) is 3. The highest BCUT2D eigenvalue weighted by Crippen LogP contribution is 2.34. The fourth-order valence-electron chi connectivity index (χ4n) is 1.59. The van der Waals surface area contributed by atoms with E-state index in [1.807, 2.05) is 18.4 Å². The second-order valence-electron chi connectivity index (χ2n) is 3.35. The highest BCUT2D eigenvalue weighted by atomic mass is 32.2. The van der Waals surface area contributed by atoms with Crippen LogP contribution in [0.15, 0.2) is 23.5 Å². The quantitative estimate of drug-likeness (QED) is 0.621. The normalized spacial score (nSPS) is 10.1. The SMILES string of the molecule is COc1cc2c(SC)ncnc2cc1OCC#N. The minimum Gasteiger partial charge on any atom is -0.493 e. The van der Waals surface area contributed by atoms with Gasteiger partial charge in [0.05, 0.1) is 12.6 Å². The zero-order valence-electron chi connectivity index (χ0n) is 10.0. The van der Waals surface area contributed by atoms with Gasteiger partial charge in [-0.1, -0.05) is 0 Å². The molecule has 0 radical (unpaired) electrons. The summed E-state index contributed by atoms with van der Waals surface area (Å²) in [6.45, 7) is -0.0255. The van der Waals surface area contributed by atoms with Gasteiger partial charge in [0.15, 0.2) is 18.1 Å². The Morgan fingerprint density at radius 3 is 2.83 bits per heavy atom. The smallest absolute Gasteiger partial charge is 0.174 e. The van der Waals surface area contributed by atoms with Crippen molar-refractivity contribution in [2.24, 2.45) is 0 Å². The van der Waals surface area contributed by atoms with Crippen molar-refractivity contribution in [3.63, 3.8) is 0 Å². The third-order valence-corrected chi connectivity index (χ3v) is 3.08. The van der Waals surface area contributed by atoms with E-state index in [0.717, 1.165) is 15.9 Å². The number of rotatable bonds is 4. The minimum atomic E-state index is -0.0255. The number of nitriles is 1. The molecule has 1 aromatic carbocycles. The molecule has 0 aliphatic rings. The standard InChI is InChI=1S/C12H11N3O2S/c1-16-10-5-8-9(6-11(10)17-4-3-13)14-7-15-12(8)18-2/h5-7H,4H2,1-2H3. The lowest BCUT2D eigenvalue weighted by Gasteiger charge is -2.10. The van der Waals surface area contributed by atoms with Crippen molar-refractivity contribution in [1.82, 2.24) is 9.97 Å². The van der Waals surface area contributed by atoms with Crippen LogP contribution in [0.5, 0.6) is 11.5 Å². The van der Waals surface area contributed by atoms with Crippen LogP contribution in [0.2, 0.25) is 0 Å². The van der Waals surface area contributed by atoms with Crippen LogP contribution in [0.3, 0.4) is 0 Å². The summed E-state index contributed by atoms with van der Waals surface area (Å²) < 4.78 is 10.6. The molecule has 0 atom stereocenters. The number of fused-ring (bicyclic) bond motifs is 1. The summed E-state index contributed by atoms with van der Waals surface area (Å²) >= 11 is 1.54. The van der Waals surface area contributed by atoms with Gasteiger partial charge in [-0.3, -0.25) is 0 Å². The lowest BCUT2D eigenvalue weighted by molar-refractivity contribution is 0.330. The van der Waals surface area contributed by atoms with Crippen LogP contribution in [-0.2, 0) is 0 Å². The number of ether oxygens (including phenoxy) is 2. The molecule has 18 heavy (non-hydrogen) atoms. The molecular weight excluding hydrogens is 250 g/mol. The number of thioether (sulfide) groups is 1. The van der Waals surface area contributed by atoms with Crippen LogP contribution < -0.4 is 9.47 Å². The van der Waals surface area contributed by atoms with Crippen molar-refractivity contribution in [3.8, 4) is 17.6 Å². The molecule has 0 aliphatic heterocycles. The summed E-state index contributed by atoms with van der Waals surface area (Å²) in [4.78, 5) is 8.39. The Morgan fingerprint density at radius 2 is 2.17 bits per heavy atom. The van der Waals surface area contributed by atoms with Crippen LogP contribution in [0, 0.1) is 11.3 Å². The van der Waals surface area contributed by atoms with E-state index >= 15 is 0 Å². The lowest BCUT2D eigenvalue weighted by atomic mass is 10.2. The van der Waals surface area contributed by atoms with Gasteiger partial charge < -0.3 is 9.47 Å². The molecule has 1 heterocycles. The van der Waals surface area contributed by atoms with Gasteiger partial charge in [-0.15, -0.1) is 11.8 Å². The molecule has 0 saturated carbocycles. The Bertz CT molecular complexity index is 610. The first kappa shape index (κ1) is 12.5. The molecule has 2 aromatic rings. The first-order valence-corrected chi connectivity index (χ1v) is 6.39. The van der Waals surface area contributed by atoms with Crippen molar-refractivity contribution >= 4 is 22.7 Å². The van der Waals surface area contributed by atoms with E-state index in [0.29, 0.717) is 11.5 Å². The molecule has 5 nitrogen and oxygen atoms in total. The molecule has 0 unspecified atom stereocenters. The van der Waals surface area contributed by atoms with E-state index in [-0.39, 0.29) is 6.61 Å². The van der Waals surface area contributed by atoms with Crippen molar-refractivity contribution in [2.45, 2.75) is 5.03 Å². The Balaban J connectivity index is 2.57. The lowest BCUT2D eigenvalue weighted by Crippen LogP contribution is -1.98. The number of benzene rings is 1. The van der Waals surface area contributed by atoms with Crippen molar-refractivity contribution in [2.75, 3.05) is 20.0 Å². The predicted molar refractivity (Wildman–Crippen MR) is 69.0 cm³/mol. The highest BCUT2D eigenvalue weighted by Gasteiger charge is 2.10. The van der Waals surface area contributed by atoms with Gasteiger partial charge in [-0.25, -0.2) is 9.97 Å². The van der Waals surface area contributed by atoms with Crippen molar-refractivity contribution in [1.29, 1.82) is 5.26 Å². The maximum Gasteiger partial charge on any atom is 0.174 e. The largest absolute Gasteiger partial charge is 0.493 e.